The van der Waals surface area contributed by atoms with Crippen molar-refractivity contribution in [3.8, 4) is 0 Å². The molecule has 1 N–H and O–H groups in total. The Bertz CT molecular complexity index is 987. The van der Waals surface area contributed by atoms with E-state index in [0.717, 1.165) is 36.9 Å². The molecule has 0 spiro atoms. The molecule has 31 heavy (non-hydrogen) atoms. The third-order valence-corrected chi connectivity index (χ3v) is 7.15. The standard InChI is InChI=1S/C24H26ClN3O2S/c1-16-11-13-17(14-12-16)26-22(29)15-21-23(30)28(18-7-3-2-4-8-18)24(31-21)27-20-10-6-5-9-19(20)25/h5-6,9-14,18,21H,2-4,7-8,15H2,1H3,(H,26,29). The van der Waals surface area contributed by atoms with Crippen molar-refractivity contribution >= 4 is 51.7 Å². The molecule has 1 aliphatic carbocycles. The molecule has 2 fully saturated rings. The van der Waals surface area contributed by atoms with E-state index in [2.05, 4.69) is 5.32 Å². The number of nitrogens with one attached hydrogen (secondary N) is 1. The van der Waals surface area contributed by atoms with Crippen LogP contribution in [0, 0.1) is 6.92 Å². The van der Waals surface area contributed by atoms with Crippen LogP contribution in [0.5, 0.6) is 0 Å². The number of rotatable bonds is 5. The van der Waals surface area contributed by atoms with Gasteiger partial charge in [-0.1, -0.05) is 72.5 Å². The molecule has 5 nitrogen and oxygen atoms in total. The minimum Gasteiger partial charge on any atom is -0.326 e. The second-order valence-electron chi connectivity index (χ2n) is 8.07. The molecule has 0 bridgehead atoms. The van der Waals surface area contributed by atoms with Crippen LogP contribution in [0.1, 0.15) is 44.1 Å². The highest BCUT2D eigenvalue weighted by molar-refractivity contribution is 8.15. The number of amidine groups is 1. The highest BCUT2D eigenvalue weighted by atomic mass is 35.5. The van der Waals surface area contributed by atoms with Gasteiger partial charge in [-0.2, -0.15) is 0 Å². The fourth-order valence-corrected chi connectivity index (χ4v) is 5.42. The Hall–Kier alpha value is -2.31. The Morgan fingerprint density at radius 1 is 1.13 bits per heavy atom. The first kappa shape index (κ1) is 21.9. The molecule has 1 unspecified atom stereocenters. The van der Waals surface area contributed by atoms with E-state index < -0.39 is 5.25 Å². The number of hydrogen-bond donors (Lipinski definition) is 1. The van der Waals surface area contributed by atoms with E-state index >= 15 is 0 Å². The van der Waals surface area contributed by atoms with Gasteiger partial charge in [0.2, 0.25) is 11.8 Å². The van der Waals surface area contributed by atoms with Gasteiger partial charge in [0.05, 0.1) is 10.7 Å². The summed E-state index contributed by atoms with van der Waals surface area (Å²) in [4.78, 5) is 32.5. The van der Waals surface area contributed by atoms with E-state index in [9.17, 15) is 9.59 Å². The number of para-hydroxylation sites is 1. The van der Waals surface area contributed by atoms with Crippen LogP contribution in [0.25, 0.3) is 0 Å². The predicted molar refractivity (Wildman–Crippen MR) is 128 cm³/mol. The van der Waals surface area contributed by atoms with E-state index in [-0.39, 0.29) is 24.3 Å². The zero-order chi connectivity index (χ0) is 21.8. The number of carbonyl (C=O) groups excluding carboxylic acids is 2. The largest absolute Gasteiger partial charge is 0.326 e. The van der Waals surface area contributed by atoms with E-state index in [1.165, 1.54) is 18.2 Å². The molecule has 0 aromatic heterocycles. The molecule has 1 aliphatic heterocycles. The molecule has 7 heteroatoms. The SMILES string of the molecule is Cc1ccc(NC(=O)CC2SC(=Nc3ccccc3Cl)N(C3CCCCC3)C2=O)cc1. The maximum absolute atomic E-state index is 13.3. The van der Waals surface area contributed by atoms with Crippen molar-refractivity contribution in [1.29, 1.82) is 0 Å². The van der Waals surface area contributed by atoms with Crippen molar-refractivity contribution in [1.82, 2.24) is 4.90 Å². The lowest BCUT2D eigenvalue weighted by atomic mass is 9.94. The van der Waals surface area contributed by atoms with Gasteiger partial charge in [-0.3, -0.25) is 14.5 Å². The molecule has 2 aromatic carbocycles. The summed E-state index contributed by atoms with van der Waals surface area (Å²) in [6, 6.07) is 15.1. The Balaban J connectivity index is 1.53. The number of carbonyl (C=O) groups is 2. The number of halogens is 1. The van der Waals surface area contributed by atoms with Crippen LogP contribution in [-0.4, -0.2) is 33.2 Å². The van der Waals surface area contributed by atoms with E-state index in [0.29, 0.717) is 15.9 Å². The highest BCUT2D eigenvalue weighted by Crippen LogP contribution is 2.37. The van der Waals surface area contributed by atoms with E-state index in [1.54, 1.807) is 6.07 Å². The lowest BCUT2D eigenvalue weighted by molar-refractivity contribution is -0.130. The summed E-state index contributed by atoms with van der Waals surface area (Å²) >= 11 is 7.68. The fraction of sp³-hybridized carbons (Fsp3) is 0.375. The van der Waals surface area contributed by atoms with Gasteiger partial charge < -0.3 is 5.32 Å². The molecular weight excluding hydrogens is 430 g/mol. The summed E-state index contributed by atoms with van der Waals surface area (Å²) in [7, 11) is 0. The van der Waals surface area contributed by atoms with Crippen LogP contribution in [0.3, 0.4) is 0 Å². The molecule has 1 saturated carbocycles. The van der Waals surface area contributed by atoms with Crippen molar-refractivity contribution in [2.75, 3.05) is 5.32 Å². The molecule has 2 aliphatic rings. The second kappa shape index (κ2) is 9.88. The summed E-state index contributed by atoms with van der Waals surface area (Å²) in [6.07, 6.45) is 5.47. The predicted octanol–water partition coefficient (Wildman–Crippen LogP) is 5.94. The first-order valence-corrected chi connectivity index (χ1v) is 12.0. The molecule has 1 atom stereocenters. The van der Waals surface area contributed by atoms with Crippen molar-refractivity contribution in [3.05, 3.63) is 59.1 Å². The molecule has 1 heterocycles. The number of benzene rings is 2. The van der Waals surface area contributed by atoms with Gasteiger partial charge in [0.1, 0.15) is 5.25 Å². The van der Waals surface area contributed by atoms with Crippen LogP contribution in [-0.2, 0) is 9.59 Å². The molecule has 1 saturated heterocycles. The van der Waals surface area contributed by atoms with Gasteiger partial charge in [0.15, 0.2) is 5.17 Å². The summed E-state index contributed by atoms with van der Waals surface area (Å²) < 4.78 is 0. The van der Waals surface area contributed by atoms with Gasteiger partial charge in [0, 0.05) is 18.2 Å². The molecule has 4 rings (SSSR count). The first-order valence-electron chi connectivity index (χ1n) is 10.7. The minimum atomic E-state index is -0.478. The number of thioether (sulfide) groups is 1. The van der Waals surface area contributed by atoms with Crippen LogP contribution in [0.4, 0.5) is 11.4 Å². The number of amides is 2. The lowest BCUT2D eigenvalue weighted by Gasteiger charge is -2.30. The first-order chi connectivity index (χ1) is 15.0. The summed E-state index contributed by atoms with van der Waals surface area (Å²) in [5, 5.41) is 3.62. The van der Waals surface area contributed by atoms with Gasteiger partial charge in [-0.05, 0) is 44.0 Å². The minimum absolute atomic E-state index is 0.0261. The molecular formula is C24H26ClN3O2S. The number of aliphatic imine (C=N–C) groups is 1. The van der Waals surface area contributed by atoms with Gasteiger partial charge in [0.25, 0.3) is 0 Å². The topological polar surface area (TPSA) is 61.8 Å². The summed E-state index contributed by atoms with van der Waals surface area (Å²) in [5.74, 6) is -0.195. The Kier molecular flexibility index (Phi) is 6.98. The van der Waals surface area contributed by atoms with Gasteiger partial charge in [-0.25, -0.2) is 4.99 Å². The highest BCUT2D eigenvalue weighted by Gasteiger charge is 2.42. The van der Waals surface area contributed by atoms with Crippen LogP contribution < -0.4 is 5.32 Å². The van der Waals surface area contributed by atoms with Crippen molar-refractivity contribution < 1.29 is 9.59 Å². The van der Waals surface area contributed by atoms with Crippen LogP contribution >= 0.6 is 23.4 Å². The number of hydrogen-bond acceptors (Lipinski definition) is 4. The van der Waals surface area contributed by atoms with Gasteiger partial charge >= 0.3 is 0 Å². The molecule has 2 aromatic rings. The quantitative estimate of drug-likeness (QED) is 0.606. The molecule has 2 amide bonds. The second-order valence-corrected chi connectivity index (χ2v) is 9.65. The third kappa shape index (κ3) is 5.31. The lowest BCUT2D eigenvalue weighted by Crippen LogP contribution is -2.42. The number of nitrogens with zero attached hydrogens (tertiary/aromatic N) is 2. The zero-order valence-electron chi connectivity index (χ0n) is 17.5. The average molecular weight is 456 g/mol. The Labute approximate surface area is 192 Å². The molecule has 0 radical (unpaired) electrons. The zero-order valence-corrected chi connectivity index (χ0v) is 19.1. The maximum Gasteiger partial charge on any atom is 0.242 e. The van der Waals surface area contributed by atoms with Gasteiger partial charge in [-0.15, -0.1) is 0 Å². The van der Waals surface area contributed by atoms with E-state index in [1.807, 2.05) is 54.3 Å². The smallest absolute Gasteiger partial charge is 0.242 e. The fourth-order valence-electron chi connectivity index (χ4n) is 4.03. The number of aryl methyl sites for hydroxylation is 1. The third-order valence-electron chi connectivity index (χ3n) is 5.68. The monoisotopic (exact) mass is 455 g/mol. The maximum atomic E-state index is 13.3. The van der Waals surface area contributed by atoms with Crippen molar-refractivity contribution in [2.45, 2.75) is 56.7 Å². The van der Waals surface area contributed by atoms with Crippen molar-refractivity contribution in [2.24, 2.45) is 4.99 Å². The Morgan fingerprint density at radius 3 is 2.55 bits per heavy atom. The molecule has 162 valence electrons. The van der Waals surface area contributed by atoms with Crippen LogP contribution in [0.15, 0.2) is 53.5 Å². The summed E-state index contributed by atoms with van der Waals surface area (Å²) in [6.45, 7) is 2.00. The Morgan fingerprint density at radius 2 is 1.84 bits per heavy atom. The number of anilines is 1. The summed E-state index contributed by atoms with van der Waals surface area (Å²) in [5.41, 5.74) is 2.51. The van der Waals surface area contributed by atoms with Crippen molar-refractivity contribution in [3.63, 3.8) is 0 Å². The normalized spacial score (nSPS) is 21.0. The van der Waals surface area contributed by atoms with E-state index in [4.69, 9.17) is 16.6 Å². The average Bonchev–Trinajstić information content (AvgIpc) is 3.06. The van der Waals surface area contributed by atoms with Crippen LogP contribution in [0.2, 0.25) is 5.02 Å².